The molecular weight excluding hydrogens is 270 g/mol. The lowest BCUT2D eigenvalue weighted by molar-refractivity contribution is 0.339. The van der Waals surface area contributed by atoms with Gasteiger partial charge in [0.1, 0.15) is 5.75 Å². The van der Waals surface area contributed by atoms with E-state index < -0.39 is 0 Å². The Morgan fingerprint density at radius 2 is 1.86 bits per heavy atom. The van der Waals surface area contributed by atoms with Crippen molar-refractivity contribution in [3.05, 3.63) is 29.8 Å². The molecule has 0 amide bonds. The molecule has 1 unspecified atom stereocenters. The van der Waals surface area contributed by atoms with Gasteiger partial charge in [-0.05, 0) is 56.5 Å². The summed E-state index contributed by atoms with van der Waals surface area (Å²) in [6, 6.07) is 8.51. The van der Waals surface area contributed by atoms with Gasteiger partial charge in [0.2, 0.25) is 0 Å². The molecule has 0 aliphatic rings. The van der Waals surface area contributed by atoms with Gasteiger partial charge in [-0.2, -0.15) is 0 Å². The Kier molecular flexibility index (Phi) is 9.42. The predicted octanol–water partition coefficient (Wildman–Crippen LogP) is 4.70. The Hall–Kier alpha value is -1.46. The molecule has 0 fully saturated rings. The van der Waals surface area contributed by atoms with Crippen molar-refractivity contribution in [3.8, 4) is 17.6 Å². The van der Waals surface area contributed by atoms with Crippen molar-refractivity contribution in [1.82, 2.24) is 4.90 Å². The standard InChI is InChI=1S/C20H31NO/c1-5-18(13-10-9-11-16-21(6-2)7-3)19-14-12-15-20(17-19)22-8-4/h12,14-15,17-18H,5-8,10,13,16H2,1-4H3. The summed E-state index contributed by atoms with van der Waals surface area (Å²) in [7, 11) is 0. The highest BCUT2D eigenvalue weighted by Crippen LogP contribution is 2.27. The summed E-state index contributed by atoms with van der Waals surface area (Å²) in [5.74, 6) is 8.19. The molecule has 0 radical (unpaired) electrons. The lowest BCUT2D eigenvalue weighted by Gasteiger charge is -2.15. The van der Waals surface area contributed by atoms with Crippen LogP contribution < -0.4 is 4.74 Å². The van der Waals surface area contributed by atoms with Gasteiger partial charge in [-0.1, -0.05) is 38.8 Å². The third kappa shape index (κ3) is 6.54. The molecule has 0 aromatic heterocycles. The van der Waals surface area contributed by atoms with Crippen molar-refractivity contribution in [2.24, 2.45) is 0 Å². The first-order valence-electron chi connectivity index (χ1n) is 8.65. The number of nitrogens with zero attached hydrogens (tertiary/aromatic N) is 1. The van der Waals surface area contributed by atoms with Crippen LogP contribution in [0.4, 0.5) is 0 Å². The van der Waals surface area contributed by atoms with E-state index in [1.807, 2.05) is 13.0 Å². The van der Waals surface area contributed by atoms with E-state index in [-0.39, 0.29) is 0 Å². The van der Waals surface area contributed by atoms with Crippen LogP contribution in [0.5, 0.6) is 5.75 Å². The lowest BCUT2D eigenvalue weighted by Crippen LogP contribution is -2.22. The maximum atomic E-state index is 5.60. The van der Waals surface area contributed by atoms with Gasteiger partial charge in [0, 0.05) is 6.42 Å². The monoisotopic (exact) mass is 301 g/mol. The highest BCUT2D eigenvalue weighted by atomic mass is 16.5. The zero-order valence-electron chi connectivity index (χ0n) is 14.7. The summed E-state index contributed by atoms with van der Waals surface area (Å²) in [6.07, 6.45) is 3.24. The summed E-state index contributed by atoms with van der Waals surface area (Å²) in [6.45, 7) is 12.4. The van der Waals surface area contributed by atoms with Gasteiger partial charge in [-0.15, -0.1) is 5.92 Å². The van der Waals surface area contributed by atoms with Gasteiger partial charge >= 0.3 is 0 Å². The zero-order valence-corrected chi connectivity index (χ0v) is 14.7. The quantitative estimate of drug-likeness (QED) is 0.613. The molecule has 0 aliphatic heterocycles. The third-order valence-electron chi connectivity index (χ3n) is 4.07. The van der Waals surface area contributed by atoms with Crippen LogP contribution in [0.3, 0.4) is 0 Å². The average Bonchev–Trinajstić information content (AvgIpc) is 2.55. The maximum Gasteiger partial charge on any atom is 0.119 e. The van der Waals surface area contributed by atoms with Crippen LogP contribution in [-0.2, 0) is 0 Å². The smallest absolute Gasteiger partial charge is 0.119 e. The van der Waals surface area contributed by atoms with Crippen LogP contribution in [0.2, 0.25) is 0 Å². The van der Waals surface area contributed by atoms with E-state index in [0.29, 0.717) is 5.92 Å². The molecule has 2 nitrogen and oxygen atoms in total. The van der Waals surface area contributed by atoms with E-state index in [2.05, 4.69) is 55.7 Å². The van der Waals surface area contributed by atoms with E-state index in [1.165, 1.54) is 5.56 Å². The minimum Gasteiger partial charge on any atom is -0.494 e. The maximum absolute atomic E-state index is 5.60. The summed E-state index contributed by atoms with van der Waals surface area (Å²) in [5.41, 5.74) is 1.37. The number of hydrogen-bond donors (Lipinski definition) is 0. The molecule has 1 rings (SSSR count). The van der Waals surface area contributed by atoms with E-state index >= 15 is 0 Å². The van der Waals surface area contributed by atoms with Crippen molar-refractivity contribution in [2.75, 3.05) is 26.2 Å². The molecule has 0 spiro atoms. The molecule has 0 bridgehead atoms. The number of benzene rings is 1. The predicted molar refractivity (Wildman–Crippen MR) is 95.4 cm³/mol. The fraction of sp³-hybridized carbons (Fsp3) is 0.600. The number of rotatable bonds is 9. The van der Waals surface area contributed by atoms with E-state index in [0.717, 1.165) is 51.3 Å². The SMILES string of the molecule is CCOc1cccc(C(CC)CCC#CCN(CC)CC)c1. The van der Waals surface area contributed by atoms with Gasteiger partial charge in [-0.3, -0.25) is 4.90 Å². The molecular formula is C20H31NO. The third-order valence-corrected chi connectivity index (χ3v) is 4.07. The lowest BCUT2D eigenvalue weighted by atomic mass is 9.92. The second-order valence-corrected chi connectivity index (χ2v) is 5.46. The number of ether oxygens (including phenoxy) is 1. The van der Waals surface area contributed by atoms with Gasteiger partial charge in [-0.25, -0.2) is 0 Å². The van der Waals surface area contributed by atoms with Crippen molar-refractivity contribution in [2.45, 2.75) is 52.9 Å². The second-order valence-electron chi connectivity index (χ2n) is 5.46. The highest BCUT2D eigenvalue weighted by molar-refractivity contribution is 5.31. The van der Waals surface area contributed by atoms with Gasteiger partial charge in [0.15, 0.2) is 0 Å². The summed E-state index contributed by atoms with van der Waals surface area (Å²) in [5, 5.41) is 0. The van der Waals surface area contributed by atoms with Gasteiger partial charge in [0.05, 0.1) is 13.2 Å². The Morgan fingerprint density at radius 1 is 1.09 bits per heavy atom. The minimum atomic E-state index is 0.572. The van der Waals surface area contributed by atoms with Crippen LogP contribution in [0, 0.1) is 11.8 Å². The topological polar surface area (TPSA) is 12.5 Å². The van der Waals surface area contributed by atoms with E-state index in [4.69, 9.17) is 4.74 Å². The van der Waals surface area contributed by atoms with Crippen LogP contribution in [0.25, 0.3) is 0 Å². The van der Waals surface area contributed by atoms with Crippen LogP contribution in [0.1, 0.15) is 58.4 Å². The van der Waals surface area contributed by atoms with Crippen molar-refractivity contribution in [3.63, 3.8) is 0 Å². The largest absolute Gasteiger partial charge is 0.494 e. The van der Waals surface area contributed by atoms with Crippen LogP contribution >= 0.6 is 0 Å². The molecule has 0 saturated carbocycles. The molecule has 1 atom stereocenters. The molecule has 22 heavy (non-hydrogen) atoms. The first-order valence-corrected chi connectivity index (χ1v) is 8.65. The molecule has 0 heterocycles. The Labute approximate surface area is 136 Å². The normalized spacial score (nSPS) is 11.9. The Balaban J connectivity index is 2.52. The average molecular weight is 301 g/mol. The van der Waals surface area contributed by atoms with Gasteiger partial charge in [0.25, 0.3) is 0 Å². The van der Waals surface area contributed by atoms with E-state index in [1.54, 1.807) is 0 Å². The fourth-order valence-electron chi connectivity index (χ4n) is 2.58. The fourth-order valence-corrected chi connectivity index (χ4v) is 2.58. The summed E-state index contributed by atoms with van der Waals surface area (Å²) >= 11 is 0. The Bertz CT molecular complexity index is 468. The summed E-state index contributed by atoms with van der Waals surface area (Å²) in [4.78, 5) is 2.34. The summed E-state index contributed by atoms with van der Waals surface area (Å²) < 4.78 is 5.60. The van der Waals surface area contributed by atoms with Crippen molar-refractivity contribution >= 4 is 0 Å². The Morgan fingerprint density at radius 3 is 2.50 bits per heavy atom. The number of hydrogen-bond acceptors (Lipinski definition) is 2. The van der Waals surface area contributed by atoms with Crippen molar-refractivity contribution in [1.29, 1.82) is 0 Å². The molecule has 122 valence electrons. The highest BCUT2D eigenvalue weighted by Gasteiger charge is 2.09. The molecule has 1 aromatic rings. The van der Waals surface area contributed by atoms with Gasteiger partial charge < -0.3 is 4.74 Å². The molecule has 0 aliphatic carbocycles. The molecule has 0 saturated heterocycles. The first-order chi connectivity index (χ1) is 10.7. The van der Waals surface area contributed by atoms with Crippen molar-refractivity contribution < 1.29 is 4.74 Å². The minimum absolute atomic E-state index is 0.572. The first kappa shape index (κ1) is 18.6. The van der Waals surface area contributed by atoms with Crippen LogP contribution in [0.15, 0.2) is 24.3 Å². The second kappa shape index (κ2) is 11.2. The van der Waals surface area contributed by atoms with Crippen LogP contribution in [-0.4, -0.2) is 31.1 Å². The zero-order chi connectivity index (χ0) is 16.2. The molecule has 0 N–H and O–H groups in total. The molecule has 2 heteroatoms. The van der Waals surface area contributed by atoms with E-state index in [9.17, 15) is 0 Å². The molecule has 1 aromatic carbocycles.